The summed E-state index contributed by atoms with van der Waals surface area (Å²) in [6.45, 7) is 0. The van der Waals surface area contributed by atoms with E-state index in [1.807, 2.05) is 12.1 Å². The molecule has 1 aliphatic rings. The number of thioether (sulfide) groups is 1. The van der Waals surface area contributed by atoms with E-state index in [1.54, 1.807) is 30.4 Å². The van der Waals surface area contributed by atoms with Gasteiger partial charge in [0.05, 0.1) is 11.9 Å². The molecule has 17 heavy (non-hydrogen) atoms. The van der Waals surface area contributed by atoms with Crippen LogP contribution in [0.5, 0.6) is 0 Å². The topological polar surface area (TPSA) is 46.0 Å². The highest BCUT2D eigenvalue weighted by Crippen LogP contribution is 2.44. The van der Waals surface area contributed by atoms with Gasteiger partial charge in [0.1, 0.15) is 6.10 Å². The predicted octanol–water partition coefficient (Wildman–Crippen LogP) is 2.40. The Kier molecular flexibility index (Phi) is 2.82. The highest BCUT2D eigenvalue weighted by Gasteiger charge is 2.30. The molecule has 4 heteroatoms. The molecule has 0 saturated carbocycles. The smallest absolute Gasteiger partial charge is 0.105 e. The average molecular weight is 244 g/mol. The van der Waals surface area contributed by atoms with Gasteiger partial charge in [-0.05, 0) is 11.6 Å². The molecule has 3 rings (SSSR count). The van der Waals surface area contributed by atoms with Crippen LogP contribution in [0.3, 0.4) is 0 Å². The van der Waals surface area contributed by atoms with Crippen LogP contribution in [0.2, 0.25) is 0 Å². The summed E-state index contributed by atoms with van der Waals surface area (Å²) in [4.78, 5) is 9.44. The second-order valence-electron chi connectivity index (χ2n) is 4.03. The SMILES string of the molecule is OC(c1cnccn1)C1CSc2ccccc21. The molecule has 2 atom stereocenters. The molecule has 0 bridgehead atoms. The minimum atomic E-state index is -0.570. The largest absolute Gasteiger partial charge is 0.386 e. The van der Waals surface area contributed by atoms with Crippen molar-refractivity contribution in [3.05, 3.63) is 54.1 Å². The number of benzene rings is 1. The normalized spacial score (nSPS) is 19.9. The molecule has 0 fully saturated rings. The van der Waals surface area contributed by atoms with Gasteiger partial charge >= 0.3 is 0 Å². The van der Waals surface area contributed by atoms with E-state index in [1.165, 1.54) is 10.5 Å². The predicted molar refractivity (Wildman–Crippen MR) is 66.9 cm³/mol. The maximum Gasteiger partial charge on any atom is 0.105 e. The van der Waals surface area contributed by atoms with Crippen molar-refractivity contribution in [3.8, 4) is 0 Å². The van der Waals surface area contributed by atoms with E-state index in [4.69, 9.17) is 0 Å². The van der Waals surface area contributed by atoms with Gasteiger partial charge in [0.2, 0.25) is 0 Å². The zero-order chi connectivity index (χ0) is 11.7. The molecule has 0 aliphatic carbocycles. The van der Waals surface area contributed by atoms with Crippen LogP contribution in [0.4, 0.5) is 0 Å². The molecule has 2 unspecified atom stereocenters. The summed E-state index contributed by atoms with van der Waals surface area (Å²) in [5.74, 6) is 1.02. The Labute approximate surface area is 104 Å². The molecule has 3 nitrogen and oxygen atoms in total. The van der Waals surface area contributed by atoms with Crippen LogP contribution < -0.4 is 0 Å². The van der Waals surface area contributed by atoms with E-state index in [9.17, 15) is 5.11 Å². The lowest BCUT2D eigenvalue weighted by Gasteiger charge is -2.17. The monoisotopic (exact) mass is 244 g/mol. The molecule has 0 saturated heterocycles. The Morgan fingerprint density at radius 1 is 1.29 bits per heavy atom. The van der Waals surface area contributed by atoms with Crippen molar-refractivity contribution in [1.29, 1.82) is 0 Å². The van der Waals surface area contributed by atoms with E-state index in [0.717, 1.165) is 5.75 Å². The fourth-order valence-corrected chi connectivity index (χ4v) is 3.40. The second-order valence-corrected chi connectivity index (χ2v) is 5.09. The Hall–Kier alpha value is -1.39. The van der Waals surface area contributed by atoms with Crippen LogP contribution in [0, 0.1) is 0 Å². The molecule has 1 N–H and O–H groups in total. The Balaban J connectivity index is 1.92. The summed E-state index contributed by atoms with van der Waals surface area (Å²) < 4.78 is 0. The van der Waals surface area contributed by atoms with Gasteiger partial charge < -0.3 is 5.11 Å². The zero-order valence-electron chi connectivity index (χ0n) is 9.15. The van der Waals surface area contributed by atoms with E-state index in [0.29, 0.717) is 5.69 Å². The van der Waals surface area contributed by atoms with Crippen molar-refractivity contribution in [1.82, 2.24) is 9.97 Å². The van der Waals surface area contributed by atoms with Crippen molar-refractivity contribution in [2.24, 2.45) is 0 Å². The lowest BCUT2D eigenvalue weighted by molar-refractivity contribution is 0.148. The maximum absolute atomic E-state index is 10.4. The first-order chi connectivity index (χ1) is 8.36. The van der Waals surface area contributed by atoms with Gasteiger partial charge in [-0.3, -0.25) is 9.97 Å². The number of rotatable bonds is 2. The van der Waals surface area contributed by atoms with Gasteiger partial charge in [-0.25, -0.2) is 0 Å². The Morgan fingerprint density at radius 2 is 2.18 bits per heavy atom. The van der Waals surface area contributed by atoms with Crippen molar-refractivity contribution in [3.63, 3.8) is 0 Å². The Morgan fingerprint density at radius 3 is 3.00 bits per heavy atom. The Bertz CT molecular complexity index is 518. The van der Waals surface area contributed by atoms with Crippen LogP contribution in [0.15, 0.2) is 47.8 Å². The van der Waals surface area contributed by atoms with Crippen LogP contribution in [0.1, 0.15) is 23.3 Å². The zero-order valence-corrected chi connectivity index (χ0v) is 9.97. The molecule has 1 aromatic heterocycles. The van der Waals surface area contributed by atoms with E-state index in [2.05, 4.69) is 22.1 Å². The molecule has 0 amide bonds. The number of aromatic nitrogens is 2. The maximum atomic E-state index is 10.4. The summed E-state index contributed by atoms with van der Waals surface area (Å²) in [6, 6.07) is 8.23. The van der Waals surface area contributed by atoms with Crippen molar-refractivity contribution < 1.29 is 5.11 Å². The first-order valence-corrected chi connectivity index (χ1v) is 6.50. The third-order valence-corrected chi connectivity index (χ3v) is 4.21. The molecular formula is C13H12N2OS. The number of aliphatic hydroxyl groups is 1. The van der Waals surface area contributed by atoms with Crippen LogP contribution >= 0.6 is 11.8 Å². The summed E-state index contributed by atoms with van der Waals surface area (Å²) in [7, 11) is 0. The lowest BCUT2D eigenvalue weighted by Crippen LogP contribution is -2.12. The van der Waals surface area contributed by atoms with Crippen LogP contribution in [-0.4, -0.2) is 20.8 Å². The number of fused-ring (bicyclic) bond motifs is 1. The summed E-state index contributed by atoms with van der Waals surface area (Å²) >= 11 is 1.79. The van der Waals surface area contributed by atoms with Gasteiger partial charge in [-0.15, -0.1) is 11.8 Å². The van der Waals surface area contributed by atoms with Gasteiger partial charge in [-0.1, -0.05) is 18.2 Å². The third-order valence-electron chi connectivity index (χ3n) is 3.00. The van der Waals surface area contributed by atoms with Gasteiger partial charge in [0.25, 0.3) is 0 Å². The van der Waals surface area contributed by atoms with E-state index >= 15 is 0 Å². The molecule has 2 heterocycles. The summed E-state index contributed by atoms with van der Waals surface area (Å²) in [6.07, 6.45) is 4.30. The van der Waals surface area contributed by atoms with Gasteiger partial charge in [0.15, 0.2) is 0 Å². The number of hydrogen-bond donors (Lipinski definition) is 1. The lowest BCUT2D eigenvalue weighted by atomic mass is 9.94. The standard InChI is InChI=1S/C13H12N2OS/c16-13(11-7-14-5-6-15-11)10-8-17-12-4-2-1-3-9(10)12/h1-7,10,13,16H,8H2. The summed E-state index contributed by atoms with van der Waals surface area (Å²) in [5.41, 5.74) is 1.87. The van der Waals surface area contributed by atoms with E-state index < -0.39 is 6.10 Å². The molecule has 0 radical (unpaired) electrons. The molecular weight excluding hydrogens is 232 g/mol. The first kappa shape index (κ1) is 10.7. The molecule has 2 aromatic rings. The highest BCUT2D eigenvalue weighted by atomic mass is 32.2. The van der Waals surface area contributed by atoms with Crippen molar-refractivity contribution in [2.75, 3.05) is 5.75 Å². The minimum Gasteiger partial charge on any atom is -0.386 e. The first-order valence-electron chi connectivity index (χ1n) is 5.52. The quantitative estimate of drug-likeness (QED) is 0.881. The highest BCUT2D eigenvalue weighted by molar-refractivity contribution is 7.99. The number of aliphatic hydroxyl groups excluding tert-OH is 1. The molecule has 0 spiro atoms. The fraction of sp³-hybridized carbons (Fsp3) is 0.231. The summed E-state index contributed by atoms with van der Waals surface area (Å²) in [5, 5.41) is 10.4. The number of nitrogens with zero attached hydrogens (tertiary/aromatic N) is 2. The fourth-order valence-electron chi connectivity index (χ4n) is 2.12. The van der Waals surface area contributed by atoms with E-state index in [-0.39, 0.29) is 5.92 Å². The second kappa shape index (κ2) is 4.47. The van der Waals surface area contributed by atoms with Crippen molar-refractivity contribution >= 4 is 11.8 Å². The third kappa shape index (κ3) is 1.94. The van der Waals surface area contributed by atoms with Crippen LogP contribution in [0.25, 0.3) is 0 Å². The molecule has 1 aromatic carbocycles. The molecule has 1 aliphatic heterocycles. The minimum absolute atomic E-state index is 0.118. The average Bonchev–Trinajstić information content (AvgIpc) is 2.83. The molecule has 86 valence electrons. The number of hydrogen-bond acceptors (Lipinski definition) is 4. The van der Waals surface area contributed by atoms with Crippen LogP contribution in [-0.2, 0) is 0 Å². The van der Waals surface area contributed by atoms with Crippen molar-refractivity contribution in [2.45, 2.75) is 16.9 Å². The van der Waals surface area contributed by atoms with Gasteiger partial charge in [0, 0.05) is 29.0 Å². The van der Waals surface area contributed by atoms with Gasteiger partial charge in [-0.2, -0.15) is 0 Å².